The normalized spacial score (nSPS) is 10.5. The summed E-state index contributed by atoms with van der Waals surface area (Å²) in [6, 6.07) is 9.74. The topological polar surface area (TPSA) is 38.3 Å². The molecule has 0 aliphatic rings. The smallest absolute Gasteiger partial charge is 0.387 e. The number of hydrogen-bond donors (Lipinski definition) is 1. The molecule has 0 saturated carbocycles. The summed E-state index contributed by atoms with van der Waals surface area (Å²) in [4.78, 5) is 12.0. The van der Waals surface area contributed by atoms with Crippen LogP contribution in [0.25, 0.3) is 0 Å². The summed E-state index contributed by atoms with van der Waals surface area (Å²) in [7, 11) is 0. The maximum absolute atomic E-state index is 13.8. The van der Waals surface area contributed by atoms with Crippen LogP contribution in [-0.2, 0) is 0 Å². The van der Waals surface area contributed by atoms with Gasteiger partial charge in [-0.25, -0.2) is 4.39 Å². The first-order valence-electron chi connectivity index (χ1n) is 5.77. The van der Waals surface area contributed by atoms with Crippen LogP contribution in [-0.4, -0.2) is 12.5 Å². The lowest BCUT2D eigenvalue weighted by atomic mass is 10.2. The summed E-state index contributed by atoms with van der Waals surface area (Å²) in [5, 5.41) is 2.42. The molecule has 0 aliphatic carbocycles. The van der Waals surface area contributed by atoms with Gasteiger partial charge in [-0.05, 0) is 40.2 Å². The number of alkyl halides is 2. The molecule has 21 heavy (non-hydrogen) atoms. The number of rotatable bonds is 4. The van der Waals surface area contributed by atoms with E-state index < -0.39 is 18.3 Å². The van der Waals surface area contributed by atoms with Gasteiger partial charge in [-0.15, -0.1) is 0 Å². The SMILES string of the molecule is O=C(Nc1cccc(OC(F)F)c1)c1cccc(Br)c1F. The van der Waals surface area contributed by atoms with Crippen LogP contribution in [0.15, 0.2) is 46.9 Å². The van der Waals surface area contributed by atoms with Gasteiger partial charge in [0.15, 0.2) is 0 Å². The molecule has 0 heterocycles. The zero-order chi connectivity index (χ0) is 15.4. The Morgan fingerprint density at radius 2 is 1.90 bits per heavy atom. The number of benzene rings is 2. The quantitative estimate of drug-likeness (QED) is 0.876. The molecule has 0 saturated heterocycles. The molecular weight excluding hydrogens is 351 g/mol. The van der Waals surface area contributed by atoms with Crippen molar-refractivity contribution in [3.05, 3.63) is 58.3 Å². The summed E-state index contributed by atoms with van der Waals surface area (Å²) in [5.41, 5.74) is 0.0575. The molecule has 0 fully saturated rings. The van der Waals surface area contributed by atoms with E-state index >= 15 is 0 Å². The van der Waals surface area contributed by atoms with Crippen molar-refractivity contribution >= 4 is 27.5 Å². The first-order chi connectivity index (χ1) is 9.97. The Bertz CT molecular complexity index is 664. The van der Waals surface area contributed by atoms with Crippen molar-refractivity contribution in [2.24, 2.45) is 0 Å². The van der Waals surface area contributed by atoms with Crippen LogP contribution in [0.5, 0.6) is 5.75 Å². The molecule has 7 heteroatoms. The van der Waals surface area contributed by atoms with Gasteiger partial charge in [-0.1, -0.05) is 12.1 Å². The van der Waals surface area contributed by atoms with E-state index in [2.05, 4.69) is 26.0 Å². The van der Waals surface area contributed by atoms with E-state index in [0.717, 1.165) is 0 Å². The number of amides is 1. The summed E-state index contributed by atoms with van der Waals surface area (Å²) >= 11 is 2.98. The van der Waals surface area contributed by atoms with Crippen LogP contribution in [0.1, 0.15) is 10.4 Å². The number of nitrogens with one attached hydrogen (secondary N) is 1. The molecule has 0 aliphatic heterocycles. The van der Waals surface area contributed by atoms with Crippen molar-refractivity contribution in [3.8, 4) is 5.75 Å². The fourth-order valence-electron chi connectivity index (χ4n) is 1.63. The van der Waals surface area contributed by atoms with Gasteiger partial charge < -0.3 is 10.1 Å². The summed E-state index contributed by atoms with van der Waals surface area (Å²) < 4.78 is 42.4. The maximum atomic E-state index is 13.8. The van der Waals surface area contributed by atoms with Crippen molar-refractivity contribution in [1.29, 1.82) is 0 Å². The molecule has 2 aromatic rings. The van der Waals surface area contributed by atoms with Crippen LogP contribution < -0.4 is 10.1 Å². The lowest BCUT2D eigenvalue weighted by Crippen LogP contribution is -2.14. The van der Waals surface area contributed by atoms with Crippen LogP contribution in [0.4, 0.5) is 18.9 Å². The minimum Gasteiger partial charge on any atom is -0.435 e. The Labute approximate surface area is 126 Å². The minimum absolute atomic E-state index is 0.0995. The summed E-state index contributed by atoms with van der Waals surface area (Å²) in [5.74, 6) is -1.49. The third kappa shape index (κ3) is 3.98. The second-order valence-corrected chi connectivity index (χ2v) is 4.82. The Morgan fingerprint density at radius 1 is 1.19 bits per heavy atom. The Balaban J connectivity index is 2.18. The number of hydrogen-bond acceptors (Lipinski definition) is 2. The van der Waals surface area contributed by atoms with Crippen molar-refractivity contribution in [2.75, 3.05) is 5.32 Å². The van der Waals surface area contributed by atoms with Crippen molar-refractivity contribution in [2.45, 2.75) is 6.61 Å². The van der Waals surface area contributed by atoms with Crippen LogP contribution >= 0.6 is 15.9 Å². The van der Waals surface area contributed by atoms with Gasteiger partial charge >= 0.3 is 6.61 Å². The molecule has 2 aromatic carbocycles. The lowest BCUT2D eigenvalue weighted by molar-refractivity contribution is -0.0497. The number of ether oxygens (including phenoxy) is 1. The zero-order valence-corrected chi connectivity index (χ0v) is 12.0. The zero-order valence-electron chi connectivity index (χ0n) is 10.4. The van der Waals surface area contributed by atoms with Gasteiger partial charge in [0.2, 0.25) is 0 Å². The average Bonchev–Trinajstić information content (AvgIpc) is 2.41. The van der Waals surface area contributed by atoms with Crippen molar-refractivity contribution in [1.82, 2.24) is 0 Å². The van der Waals surface area contributed by atoms with Gasteiger partial charge in [0.05, 0.1) is 10.0 Å². The second-order valence-electron chi connectivity index (χ2n) is 3.96. The molecule has 1 N–H and O–H groups in total. The Morgan fingerprint density at radius 3 is 2.62 bits per heavy atom. The highest BCUT2D eigenvalue weighted by molar-refractivity contribution is 9.10. The van der Waals surface area contributed by atoms with E-state index in [-0.39, 0.29) is 21.5 Å². The van der Waals surface area contributed by atoms with Gasteiger partial charge in [0.25, 0.3) is 5.91 Å². The summed E-state index contributed by atoms with van der Waals surface area (Å²) in [6.07, 6.45) is 0. The van der Waals surface area contributed by atoms with Crippen LogP contribution in [0.2, 0.25) is 0 Å². The number of carbonyl (C=O) groups is 1. The molecule has 110 valence electrons. The van der Waals surface area contributed by atoms with Crippen LogP contribution in [0, 0.1) is 5.82 Å². The molecule has 0 radical (unpaired) electrons. The van der Waals surface area contributed by atoms with Gasteiger partial charge in [0.1, 0.15) is 11.6 Å². The van der Waals surface area contributed by atoms with Gasteiger partial charge in [-0.3, -0.25) is 4.79 Å². The summed E-state index contributed by atoms with van der Waals surface area (Å²) in [6.45, 7) is -2.96. The lowest BCUT2D eigenvalue weighted by Gasteiger charge is -2.09. The van der Waals surface area contributed by atoms with E-state index in [1.807, 2.05) is 0 Å². The van der Waals surface area contributed by atoms with Crippen molar-refractivity contribution in [3.63, 3.8) is 0 Å². The maximum Gasteiger partial charge on any atom is 0.387 e. The molecule has 0 atom stereocenters. The van der Waals surface area contributed by atoms with E-state index in [1.54, 1.807) is 0 Å². The monoisotopic (exact) mass is 359 g/mol. The highest BCUT2D eigenvalue weighted by Gasteiger charge is 2.14. The fraction of sp³-hybridized carbons (Fsp3) is 0.0714. The third-order valence-electron chi connectivity index (χ3n) is 2.51. The first-order valence-corrected chi connectivity index (χ1v) is 6.57. The van der Waals surface area contributed by atoms with Crippen molar-refractivity contribution < 1.29 is 22.7 Å². The third-order valence-corrected chi connectivity index (χ3v) is 3.13. The molecule has 0 spiro atoms. The van der Waals surface area contributed by atoms with E-state index in [4.69, 9.17) is 0 Å². The second kappa shape index (κ2) is 6.62. The molecule has 0 unspecified atom stereocenters. The molecule has 3 nitrogen and oxygen atoms in total. The number of anilines is 1. The highest BCUT2D eigenvalue weighted by Crippen LogP contribution is 2.22. The molecule has 2 rings (SSSR count). The highest BCUT2D eigenvalue weighted by atomic mass is 79.9. The Hall–Kier alpha value is -2.02. The number of carbonyl (C=O) groups excluding carboxylic acids is 1. The van der Waals surface area contributed by atoms with E-state index in [0.29, 0.717) is 0 Å². The molecular formula is C14H9BrF3NO2. The first kappa shape index (κ1) is 15.4. The standard InChI is InChI=1S/C14H9BrF3NO2/c15-11-6-2-5-10(12(11)16)13(20)19-8-3-1-4-9(7-8)21-14(17)18/h1-7,14H,(H,19,20). The largest absolute Gasteiger partial charge is 0.435 e. The molecule has 0 aromatic heterocycles. The fourth-order valence-corrected chi connectivity index (χ4v) is 1.99. The van der Waals surface area contributed by atoms with Gasteiger partial charge in [0, 0.05) is 11.8 Å². The Kier molecular flexibility index (Phi) is 4.85. The number of halogens is 4. The van der Waals surface area contributed by atoms with E-state index in [9.17, 15) is 18.0 Å². The molecule has 1 amide bonds. The van der Waals surface area contributed by atoms with Gasteiger partial charge in [-0.2, -0.15) is 8.78 Å². The van der Waals surface area contributed by atoms with Crippen LogP contribution in [0.3, 0.4) is 0 Å². The predicted molar refractivity (Wildman–Crippen MR) is 75.1 cm³/mol. The van der Waals surface area contributed by atoms with E-state index in [1.165, 1.54) is 42.5 Å². The average molecular weight is 360 g/mol. The minimum atomic E-state index is -2.96. The molecule has 0 bridgehead atoms. The predicted octanol–water partition coefficient (Wildman–Crippen LogP) is 4.44.